The van der Waals surface area contributed by atoms with E-state index in [1.165, 1.54) is 23.2 Å². The van der Waals surface area contributed by atoms with Gasteiger partial charge in [-0.15, -0.1) is 0 Å². The molecule has 0 radical (unpaired) electrons. The van der Waals surface area contributed by atoms with E-state index in [-0.39, 0.29) is 30.9 Å². The number of halogens is 5. The van der Waals surface area contributed by atoms with Crippen molar-refractivity contribution in [3.8, 4) is 0 Å². The zero-order valence-corrected chi connectivity index (χ0v) is 12.2. The molecule has 0 aliphatic carbocycles. The summed E-state index contributed by atoms with van der Waals surface area (Å²) in [5.74, 6) is -0.619. The lowest BCUT2D eigenvalue weighted by molar-refractivity contribution is -0.142. The van der Waals surface area contributed by atoms with Gasteiger partial charge in [-0.1, -0.05) is 0 Å². The monoisotopic (exact) mass is 348 g/mol. The first-order chi connectivity index (χ1) is 11.3. The van der Waals surface area contributed by atoms with E-state index in [1.54, 1.807) is 0 Å². The van der Waals surface area contributed by atoms with Crippen LogP contribution < -0.4 is 0 Å². The number of imidazole rings is 1. The molecule has 2 unspecified atom stereocenters. The Morgan fingerprint density at radius 2 is 2.12 bits per heavy atom. The summed E-state index contributed by atoms with van der Waals surface area (Å²) in [5.41, 5.74) is -1.30. The van der Waals surface area contributed by atoms with E-state index in [0.717, 1.165) is 4.52 Å². The van der Waals surface area contributed by atoms with E-state index in [2.05, 4.69) is 10.1 Å². The third-order valence-corrected chi connectivity index (χ3v) is 3.87. The van der Waals surface area contributed by atoms with E-state index in [0.29, 0.717) is 6.08 Å². The summed E-state index contributed by atoms with van der Waals surface area (Å²) in [6.07, 6.45) is -5.60. The summed E-state index contributed by atoms with van der Waals surface area (Å²) < 4.78 is 65.4. The van der Waals surface area contributed by atoms with E-state index >= 15 is 0 Å². The number of alkyl halides is 3. The Hall–Kier alpha value is -2.07. The molecule has 0 spiro atoms. The van der Waals surface area contributed by atoms with Gasteiger partial charge in [-0.2, -0.15) is 27.1 Å². The minimum absolute atomic E-state index is 0.0237. The predicted octanol–water partition coefficient (Wildman–Crippen LogP) is 2.67. The van der Waals surface area contributed by atoms with Gasteiger partial charge in [-0.05, 0) is 30.5 Å². The lowest BCUT2D eigenvalue weighted by Crippen LogP contribution is -2.30. The number of aromatic nitrogens is 3. The van der Waals surface area contributed by atoms with Crippen molar-refractivity contribution in [1.82, 2.24) is 19.5 Å². The SMILES string of the molecule is OC1CC(C=C(F)F)CN1Cc1c(C(F)(F)F)nc2cccnn12. The highest BCUT2D eigenvalue weighted by Gasteiger charge is 2.40. The van der Waals surface area contributed by atoms with Crippen LogP contribution in [0.1, 0.15) is 17.8 Å². The summed E-state index contributed by atoms with van der Waals surface area (Å²) in [7, 11) is 0. The number of rotatable bonds is 3. The van der Waals surface area contributed by atoms with Crippen LogP contribution in [0.4, 0.5) is 22.0 Å². The van der Waals surface area contributed by atoms with Crippen LogP contribution in [0.5, 0.6) is 0 Å². The predicted molar refractivity (Wildman–Crippen MR) is 72.8 cm³/mol. The molecular formula is C14H13F5N4O. The molecule has 1 N–H and O–H groups in total. The number of nitrogens with zero attached hydrogens (tertiary/aromatic N) is 4. The zero-order valence-electron chi connectivity index (χ0n) is 12.2. The smallest absolute Gasteiger partial charge is 0.378 e. The summed E-state index contributed by atoms with van der Waals surface area (Å²) in [6, 6.07) is 2.85. The molecule has 130 valence electrons. The Morgan fingerprint density at radius 3 is 2.79 bits per heavy atom. The molecule has 1 aliphatic rings. The van der Waals surface area contributed by atoms with Gasteiger partial charge in [-0.25, -0.2) is 9.50 Å². The van der Waals surface area contributed by atoms with Gasteiger partial charge in [0, 0.05) is 19.3 Å². The largest absolute Gasteiger partial charge is 0.435 e. The highest BCUT2D eigenvalue weighted by Crippen LogP contribution is 2.34. The number of aliphatic hydroxyl groups excluding tert-OH is 1. The quantitative estimate of drug-likeness (QED) is 0.867. The Kier molecular flexibility index (Phi) is 4.26. The number of aliphatic hydroxyl groups is 1. The molecule has 2 aromatic rings. The molecule has 2 atom stereocenters. The second-order valence-corrected chi connectivity index (χ2v) is 5.56. The van der Waals surface area contributed by atoms with Crippen LogP contribution in [0.25, 0.3) is 5.65 Å². The van der Waals surface area contributed by atoms with Gasteiger partial charge >= 0.3 is 6.18 Å². The first-order valence-electron chi connectivity index (χ1n) is 7.10. The van der Waals surface area contributed by atoms with Crippen LogP contribution >= 0.6 is 0 Å². The van der Waals surface area contributed by atoms with Crippen molar-refractivity contribution in [2.24, 2.45) is 5.92 Å². The second-order valence-electron chi connectivity index (χ2n) is 5.56. The van der Waals surface area contributed by atoms with Crippen LogP contribution in [0.15, 0.2) is 30.5 Å². The average molecular weight is 348 g/mol. The average Bonchev–Trinajstić information content (AvgIpc) is 3.00. The first kappa shape index (κ1) is 16.8. The van der Waals surface area contributed by atoms with Crippen molar-refractivity contribution >= 4 is 5.65 Å². The number of hydrogen-bond donors (Lipinski definition) is 1. The Labute approximate surface area is 133 Å². The fourth-order valence-electron chi connectivity index (χ4n) is 2.88. The Balaban J connectivity index is 1.94. The molecule has 1 saturated heterocycles. The zero-order chi connectivity index (χ0) is 17.5. The van der Waals surface area contributed by atoms with Crippen molar-refractivity contribution < 1.29 is 27.1 Å². The number of hydrogen-bond acceptors (Lipinski definition) is 4. The van der Waals surface area contributed by atoms with Crippen molar-refractivity contribution in [3.05, 3.63) is 41.9 Å². The maximum atomic E-state index is 13.2. The van der Waals surface area contributed by atoms with Crippen LogP contribution in [-0.2, 0) is 12.7 Å². The van der Waals surface area contributed by atoms with Crippen LogP contribution in [-0.4, -0.2) is 37.4 Å². The third-order valence-electron chi connectivity index (χ3n) is 3.87. The number of likely N-dealkylation sites (tertiary alicyclic amines) is 1. The molecule has 3 heterocycles. The molecule has 0 bridgehead atoms. The van der Waals surface area contributed by atoms with E-state index < -0.39 is 30.1 Å². The highest BCUT2D eigenvalue weighted by molar-refractivity contribution is 5.42. The molecule has 0 saturated carbocycles. The summed E-state index contributed by atoms with van der Waals surface area (Å²) >= 11 is 0. The molecule has 0 aromatic carbocycles. The molecule has 10 heteroatoms. The van der Waals surface area contributed by atoms with Gasteiger partial charge < -0.3 is 5.11 Å². The second kappa shape index (κ2) is 6.10. The lowest BCUT2D eigenvalue weighted by atomic mass is 10.1. The Morgan fingerprint density at radius 1 is 1.38 bits per heavy atom. The van der Waals surface area contributed by atoms with Crippen molar-refractivity contribution in [3.63, 3.8) is 0 Å². The van der Waals surface area contributed by atoms with Crippen molar-refractivity contribution in [1.29, 1.82) is 0 Å². The molecule has 1 aliphatic heterocycles. The van der Waals surface area contributed by atoms with Crippen LogP contribution in [0.2, 0.25) is 0 Å². The van der Waals surface area contributed by atoms with E-state index in [9.17, 15) is 27.1 Å². The molecule has 5 nitrogen and oxygen atoms in total. The van der Waals surface area contributed by atoms with Crippen molar-refractivity contribution in [2.75, 3.05) is 6.54 Å². The molecule has 2 aromatic heterocycles. The molecule has 24 heavy (non-hydrogen) atoms. The van der Waals surface area contributed by atoms with E-state index in [1.807, 2.05) is 0 Å². The normalized spacial score (nSPS) is 22.2. The van der Waals surface area contributed by atoms with Crippen LogP contribution in [0, 0.1) is 5.92 Å². The van der Waals surface area contributed by atoms with Gasteiger partial charge in [0.15, 0.2) is 11.3 Å². The minimum Gasteiger partial charge on any atom is -0.378 e. The molecule has 0 amide bonds. The topological polar surface area (TPSA) is 53.7 Å². The number of fused-ring (bicyclic) bond motifs is 1. The van der Waals surface area contributed by atoms with Gasteiger partial charge in [0.1, 0.15) is 6.23 Å². The minimum atomic E-state index is -4.68. The molecule has 1 fully saturated rings. The van der Waals surface area contributed by atoms with Gasteiger partial charge in [0.05, 0.1) is 5.69 Å². The van der Waals surface area contributed by atoms with Gasteiger partial charge in [-0.3, -0.25) is 4.90 Å². The molecule has 3 rings (SSSR count). The summed E-state index contributed by atoms with van der Waals surface area (Å²) in [4.78, 5) is 4.86. The first-order valence-corrected chi connectivity index (χ1v) is 7.10. The lowest BCUT2D eigenvalue weighted by Gasteiger charge is -2.20. The van der Waals surface area contributed by atoms with Crippen LogP contribution in [0.3, 0.4) is 0 Å². The maximum Gasteiger partial charge on any atom is 0.435 e. The Bertz CT molecular complexity index is 768. The van der Waals surface area contributed by atoms with Gasteiger partial charge in [0.2, 0.25) is 0 Å². The fraction of sp³-hybridized carbons (Fsp3) is 0.429. The van der Waals surface area contributed by atoms with E-state index in [4.69, 9.17) is 0 Å². The summed E-state index contributed by atoms with van der Waals surface area (Å²) in [6.45, 7) is -0.275. The molecular weight excluding hydrogens is 335 g/mol. The summed E-state index contributed by atoms with van der Waals surface area (Å²) in [5, 5.41) is 13.8. The standard InChI is InChI=1S/C14H13F5N4O/c15-10(16)4-8-5-12(24)22(6-8)7-9-13(14(17,18)19)21-11-2-1-3-20-23(9)11/h1-4,8,12,24H,5-7H2. The van der Waals surface area contributed by atoms with Gasteiger partial charge in [0.25, 0.3) is 6.08 Å². The van der Waals surface area contributed by atoms with Crippen molar-refractivity contribution in [2.45, 2.75) is 25.4 Å². The maximum absolute atomic E-state index is 13.2. The third kappa shape index (κ3) is 3.24. The highest BCUT2D eigenvalue weighted by atomic mass is 19.4. The fourth-order valence-corrected chi connectivity index (χ4v) is 2.88.